The Hall–Kier alpha value is -2.21. The Balaban J connectivity index is 2.01. The molecule has 1 aliphatic rings. The van der Waals surface area contributed by atoms with Crippen LogP contribution in [0.15, 0.2) is 58.1 Å². The van der Waals surface area contributed by atoms with E-state index in [-0.39, 0.29) is 11.7 Å². The van der Waals surface area contributed by atoms with Crippen molar-refractivity contribution in [3.63, 3.8) is 0 Å². The monoisotopic (exact) mass is 376 g/mol. The average molecular weight is 377 g/mol. The van der Waals surface area contributed by atoms with E-state index < -0.39 is 5.72 Å². The molecule has 0 saturated heterocycles. The number of hydrogen-bond acceptors (Lipinski definition) is 3. The molecule has 1 atom stereocenters. The third-order valence-corrected chi connectivity index (χ3v) is 4.19. The SMILES string of the molecule is CC(=O)N1N=C(c2ccc(Br)cc2)OC1(C)c1ccc(F)cc1. The molecule has 2 aromatic rings. The molecule has 1 aliphatic heterocycles. The largest absolute Gasteiger partial charge is 0.443 e. The first-order chi connectivity index (χ1) is 10.9. The zero-order chi connectivity index (χ0) is 16.6. The van der Waals surface area contributed by atoms with Gasteiger partial charge in [0.1, 0.15) is 5.82 Å². The average Bonchev–Trinajstić information content (AvgIpc) is 2.88. The number of hydrogen-bond donors (Lipinski definition) is 0. The lowest BCUT2D eigenvalue weighted by Crippen LogP contribution is -2.41. The van der Waals surface area contributed by atoms with Crippen LogP contribution in [-0.4, -0.2) is 16.8 Å². The van der Waals surface area contributed by atoms with Crippen LogP contribution in [0.4, 0.5) is 4.39 Å². The van der Waals surface area contributed by atoms with Gasteiger partial charge in [0.25, 0.3) is 0 Å². The predicted molar refractivity (Wildman–Crippen MR) is 88.0 cm³/mol. The van der Waals surface area contributed by atoms with Crippen LogP contribution >= 0.6 is 15.9 Å². The van der Waals surface area contributed by atoms with Crippen LogP contribution in [0.2, 0.25) is 0 Å². The minimum atomic E-state index is -1.11. The van der Waals surface area contributed by atoms with Crippen LogP contribution < -0.4 is 0 Å². The summed E-state index contributed by atoms with van der Waals surface area (Å²) in [6.07, 6.45) is 0. The summed E-state index contributed by atoms with van der Waals surface area (Å²) in [6.45, 7) is 3.15. The van der Waals surface area contributed by atoms with E-state index in [0.717, 1.165) is 10.0 Å². The molecule has 1 amide bonds. The van der Waals surface area contributed by atoms with Crippen molar-refractivity contribution in [2.24, 2.45) is 5.10 Å². The van der Waals surface area contributed by atoms with Gasteiger partial charge in [0.15, 0.2) is 0 Å². The lowest BCUT2D eigenvalue weighted by molar-refractivity contribution is -0.146. The number of ether oxygens (including phenoxy) is 1. The first kappa shape index (κ1) is 15.7. The fourth-order valence-corrected chi connectivity index (χ4v) is 2.72. The van der Waals surface area contributed by atoms with E-state index in [9.17, 15) is 9.18 Å². The molecule has 0 fully saturated rings. The molecule has 2 aromatic carbocycles. The first-order valence-electron chi connectivity index (χ1n) is 7.00. The third kappa shape index (κ3) is 2.86. The van der Waals surface area contributed by atoms with Gasteiger partial charge < -0.3 is 4.74 Å². The summed E-state index contributed by atoms with van der Waals surface area (Å²) in [5.74, 6) is -0.262. The molecule has 0 spiro atoms. The van der Waals surface area contributed by atoms with E-state index in [4.69, 9.17) is 4.74 Å². The van der Waals surface area contributed by atoms with Crippen molar-refractivity contribution in [2.75, 3.05) is 0 Å². The summed E-state index contributed by atoms with van der Waals surface area (Å²) >= 11 is 3.37. The van der Waals surface area contributed by atoms with Crippen molar-refractivity contribution in [3.8, 4) is 0 Å². The van der Waals surface area contributed by atoms with Gasteiger partial charge in [-0.1, -0.05) is 28.1 Å². The number of amides is 1. The molecule has 3 rings (SSSR count). The predicted octanol–water partition coefficient (Wildman–Crippen LogP) is 4.00. The maximum atomic E-state index is 13.2. The van der Waals surface area contributed by atoms with E-state index in [1.807, 2.05) is 24.3 Å². The Kier molecular flexibility index (Phi) is 3.93. The normalized spacial score (nSPS) is 20.2. The number of rotatable bonds is 2. The number of benzene rings is 2. The highest BCUT2D eigenvalue weighted by Gasteiger charge is 2.44. The maximum absolute atomic E-state index is 13.2. The van der Waals surface area contributed by atoms with Crippen LogP contribution in [0.25, 0.3) is 0 Å². The highest BCUT2D eigenvalue weighted by molar-refractivity contribution is 9.10. The fourth-order valence-electron chi connectivity index (χ4n) is 2.46. The Morgan fingerprint density at radius 2 is 1.78 bits per heavy atom. The summed E-state index contributed by atoms with van der Waals surface area (Å²) in [5, 5.41) is 5.58. The van der Waals surface area contributed by atoms with Crippen LogP contribution in [0.3, 0.4) is 0 Å². The first-order valence-corrected chi connectivity index (χ1v) is 7.80. The molecule has 23 heavy (non-hydrogen) atoms. The van der Waals surface area contributed by atoms with Gasteiger partial charge in [0.05, 0.1) is 0 Å². The minimum Gasteiger partial charge on any atom is -0.443 e. The van der Waals surface area contributed by atoms with Crippen LogP contribution in [0.5, 0.6) is 0 Å². The van der Waals surface area contributed by atoms with Gasteiger partial charge in [-0.05, 0) is 36.4 Å². The molecule has 6 heteroatoms. The van der Waals surface area contributed by atoms with E-state index in [1.54, 1.807) is 19.1 Å². The molecule has 0 radical (unpaired) electrons. The number of carbonyl (C=O) groups excluding carboxylic acids is 1. The Labute approximate surface area is 141 Å². The molecule has 0 aromatic heterocycles. The molecule has 0 N–H and O–H groups in total. The zero-order valence-electron chi connectivity index (χ0n) is 12.6. The summed E-state index contributed by atoms with van der Waals surface area (Å²) in [6, 6.07) is 13.3. The lowest BCUT2D eigenvalue weighted by atomic mass is 10.0. The third-order valence-electron chi connectivity index (χ3n) is 3.66. The van der Waals surface area contributed by atoms with Crippen LogP contribution in [-0.2, 0) is 15.3 Å². The zero-order valence-corrected chi connectivity index (χ0v) is 14.2. The summed E-state index contributed by atoms with van der Waals surface area (Å²) < 4.78 is 20.1. The Morgan fingerprint density at radius 1 is 1.17 bits per heavy atom. The highest BCUT2D eigenvalue weighted by atomic mass is 79.9. The van der Waals surface area contributed by atoms with Crippen LogP contribution in [0, 0.1) is 5.82 Å². The lowest BCUT2D eigenvalue weighted by Gasteiger charge is -2.31. The van der Waals surface area contributed by atoms with Gasteiger partial charge >= 0.3 is 0 Å². The van der Waals surface area contributed by atoms with Crippen molar-refractivity contribution in [2.45, 2.75) is 19.6 Å². The Bertz CT molecular complexity index is 774. The summed E-state index contributed by atoms with van der Waals surface area (Å²) in [7, 11) is 0. The smallest absolute Gasteiger partial charge is 0.243 e. The van der Waals surface area contributed by atoms with Crippen molar-refractivity contribution in [3.05, 3.63) is 69.9 Å². The second kappa shape index (κ2) is 5.77. The van der Waals surface area contributed by atoms with E-state index >= 15 is 0 Å². The molecule has 1 unspecified atom stereocenters. The molecule has 1 heterocycles. The van der Waals surface area contributed by atoms with Gasteiger partial charge in [0.2, 0.25) is 17.5 Å². The minimum absolute atomic E-state index is 0.260. The molecular weight excluding hydrogens is 363 g/mol. The fraction of sp³-hybridized carbons (Fsp3) is 0.176. The Morgan fingerprint density at radius 3 is 2.35 bits per heavy atom. The van der Waals surface area contributed by atoms with E-state index in [0.29, 0.717) is 11.5 Å². The highest BCUT2D eigenvalue weighted by Crippen LogP contribution is 2.36. The molecule has 118 valence electrons. The van der Waals surface area contributed by atoms with Gasteiger partial charge in [-0.3, -0.25) is 4.79 Å². The maximum Gasteiger partial charge on any atom is 0.243 e. The molecule has 0 saturated carbocycles. The van der Waals surface area contributed by atoms with Crippen molar-refractivity contribution in [1.82, 2.24) is 5.01 Å². The molecule has 0 aliphatic carbocycles. The molecular formula is C17H14BrFN2O2. The second-order valence-corrected chi connectivity index (χ2v) is 6.25. The van der Waals surface area contributed by atoms with Gasteiger partial charge in [-0.25, -0.2) is 4.39 Å². The van der Waals surface area contributed by atoms with Gasteiger partial charge in [0, 0.05) is 29.4 Å². The second-order valence-electron chi connectivity index (χ2n) is 5.33. The van der Waals surface area contributed by atoms with Crippen molar-refractivity contribution >= 4 is 27.7 Å². The number of nitrogens with zero attached hydrogens (tertiary/aromatic N) is 2. The standard InChI is InChI=1S/C17H14BrFN2O2/c1-11(22)21-17(2,13-5-9-15(19)10-6-13)23-16(20-21)12-3-7-14(18)8-4-12/h3-10H,1-2H3. The number of halogens is 2. The molecule has 0 bridgehead atoms. The van der Waals surface area contributed by atoms with Crippen LogP contribution in [0.1, 0.15) is 25.0 Å². The quantitative estimate of drug-likeness (QED) is 0.794. The van der Waals surface area contributed by atoms with E-state index in [2.05, 4.69) is 21.0 Å². The van der Waals surface area contributed by atoms with Gasteiger partial charge in [-0.15, -0.1) is 5.10 Å². The topological polar surface area (TPSA) is 41.9 Å². The van der Waals surface area contributed by atoms with Gasteiger partial charge in [-0.2, -0.15) is 5.01 Å². The van der Waals surface area contributed by atoms with E-state index in [1.165, 1.54) is 24.1 Å². The van der Waals surface area contributed by atoms with Crippen molar-refractivity contribution in [1.29, 1.82) is 0 Å². The van der Waals surface area contributed by atoms with Crippen molar-refractivity contribution < 1.29 is 13.9 Å². The summed E-state index contributed by atoms with van der Waals surface area (Å²) in [4.78, 5) is 12.0. The number of carbonyl (C=O) groups is 1. The summed E-state index contributed by atoms with van der Waals surface area (Å²) in [5.41, 5.74) is 0.289. The number of hydrazone groups is 1. The molecule has 4 nitrogen and oxygen atoms in total.